The van der Waals surface area contributed by atoms with Crippen LogP contribution >= 0.6 is 0 Å². The van der Waals surface area contributed by atoms with E-state index in [1.54, 1.807) is 16.8 Å². The molecule has 1 aliphatic rings. The van der Waals surface area contributed by atoms with E-state index >= 15 is 0 Å². The molecule has 0 aromatic heterocycles. The molecule has 0 fully saturated rings. The van der Waals surface area contributed by atoms with Crippen LogP contribution < -0.4 is 4.90 Å². The Morgan fingerprint density at radius 1 is 1.30 bits per heavy atom. The van der Waals surface area contributed by atoms with Crippen LogP contribution in [-0.2, 0) is 16.0 Å². The molecule has 2 rings (SSSR count). The topological polar surface area (TPSA) is 40.6 Å². The molecule has 4 nitrogen and oxygen atoms in total. The minimum atomic E-state index is -0.0942. The number of nitrogens with zero attached hydrogens (tertiary/aromatic N) is 2. The number of hydrogen-bond acceptors (Lipinski definition) is 2. The number of rotatable bonds is 5. The minimum Gasteiger partial charge on any atom is -0.345 e. The van der Waals surface area contributed by atoms with Gasteiger partial charge in [0.1, 0.15) is 6.42 Å². The van der Waals surface area contributed by atoms with Gasteiger partial charge in [-0.25, -0.2) is 0 Å². The molecule has 2 amide bonds. The van der Waals surface area contributed by atoms with Crippen LogP contribution in [0.15, 0.2) is 24.3 Å². The van der Waals surface area contributed by atoms with E-state index in [9.17, 15) is 9.59 Å². The molecule has 0 aliphatic carbocycles. The molecule has 1 aliphatic heterocycles. The van der Waals surface area contributed by atoms with E-state index in [0.29, 0.717) is 6.54 Å². The first-order valence-electron chi connectivity index (χ1n) is 7.25. The second-order valence-corrected chi connectivity index (χ2v) is 5.27. The maximum absolute atomic E-state index is 12.3. The number of amides is 2. The summed E-state index contributed by atoms with van der Waals surface area (Å²) in [5.41, 5.74) is 2.15. The Bertz CT molecular complexity index is 499. The van der Waals surface area contributed by atoms with Crippen molar-refractivity contribution in [1.82, 2.24) is 4.90 Å². The predicted octanol–water partition coefficient (Wildman–Crippen LogP) is 2.22. The van der Waals surface area contributed by atoms with Gasteiger partial charge >= 0.3 is 0 Å². The number of para-hydroxylation sites is 1. The SMILES string of the molecule is CCCCN(C)C(=O)CC(=O)N1CCc2ccccc21. The highest BCUT2D eigenvalue weighted by Gasteiger charge is 2.26. The Morgan fingerprint density at radius 3 is 2.80 bits per heavy atom. The maximum Gasteiger partial charge on any atom is 0.236 e. The van der Waals surface area contributed by atoms with Gasteiger partial charge in [0, 0.05) is 25.8 Å². The Hall–Kier alpha value is -1.84. The normalized spacial score (nSPS) is 13.2. The Morgan fingerprint density at radius 2 is 2.05 bits per heavy atom. The van der Waals surface area contributed by atoms with E-state index in [2.05, 4.69) is 6.92 Å². The fourth-order valence-electron chi connectivity index (χ4n) is 2.48. The summed E-state index contributed by atoms with van der Waals surface area (Å²) in [6.45, 7) is 3.49. The van der Waals surface area contributed by atoms with Crippen molar-refractivity contribution in [2.75, 3.05) is 25.0 Å². The van der Waals surface area contributed by atoms with Gasteiger partial charge in [-0.3, -0.25) is 9.59 Å². The van der Waals surface area contributed by atoms with Gasteiger partial charge in [-0.05, 0) is 24.5 Å². The molecular formula is C16H22N2O2. The van der Waals surface area contributed by atoms with Gasteiger partial charge < -0.3 is 9.80 Å². The maximum atomic E-state index is 12.3. The fourth-order valence-corrected chi connectivity index (χ4v) is 2.48. The standard InChI is InChI=1S/C16H22N2O2/c1-3-4-10-17(2)15(19)12-16(20)18-11-9-13-7-5-6-8-14(13)18/h5-8H,3-4,9-12H2,1-2H3. The van der Waals surface area contributed by atoms with Gasteiger partial charge in [0.25, 0.3) is 0 Å². The number of carbonyl (C=O) groups is 2. The lowest BCUT2D eigenvalue weighted by atomic mass is 10.2. The van der Waals surface area contributed by atoms with Crippen LogP contribution in [0.1, 0.15) is 31.7 Å². The molecule has 20 heavy (non-hydrogen) atoms. The van der Waals surface area contributed by atoms with Crippen molar-refractivity contribution < 1.29 is 9.59 Å². The van der Waals surface area contributed by atoms with Gasteiger partial charge in [-0.1, -0.05) is 31.5 Å². The monoisotopic (exact) mass is 274 g/mol. The molecule has 1 aromatic rings. The van der Waals surface area contributed by atoms with Crippen molar-refractivity contribution in [3.63, 3.8) is 0 Å². The minimum absolute atomic E-state index is 0.0332. The third-order valence-corrected chi connectivity index (χ3v) is 3.76. The Balaban J connectivity index is 1.95. The molecule has 0 spiro atoms. The van der Waals surface area contributed by atoms with Crippen LogP contribution in [0, 0.1) is 0 Å². The van der Waals surface area contributed by atoms with Gasteiger partial charge in [-0.15, -0.1) is 0 Å². The highest BCUT2D eigenvalue weighted by atomic mass is 16.2. The Kier molecular flexibility index (Phi) is 4.77. The molecule has 0 saturated carbocycles. The number of unbranched alkanes of at least 4 members (excludes halogenated alkanes) is 1. The zero-order valence-corrected chi connectivity index (χ0v) is 12.3. The molecular weight excluding hydrogens is 252 g/mol. The number of benzene rings is 1. The first-order valence-corrected chi connectivity index (χ1v) is 7.25. The van der Waals surface area contributed by atoms with Crippen molar-refractivity contribution in [3.05, 3.63) is 29.8 Å². The second kappa shape index (κ2) is 6.55. The Labute approximate surface area is 120 Å². The summed E-state index contributed by atoms with van der Waals surface area (Å²) in [6, 6.07) is 7.90. The summed E-state index contributed by atoms with van der Waals surface area (Å²) in [4.78, 5) is 27.7. The number of fused-ring (bicyclic) bond motifs is 1. The largest absolute Gasteiger partial charge is 0.345 e. The smallest absolute Gasteiger partial charge is 0.236 e. The first-order chi connectivity index (χ1) is 9.63. The number of anilines is 1. The zero-order chi connectivity index (χ0) is 14.5. The van der Waals surface area contributed by atoms with Crippen LogP contribution in [-0.4, -0.2) is 36.9 Å². The number of hydrogen-bond donors (Lipinski definition) is 0. The van der Waals surface area contributed by atoms with Gasteiger partial charge in [0.2, 0.25) is 11.8 Å². The summed E-state index contributed by atoms with van der Waals surface area (Å²) in [5.74, 6) is -0.184. The first kappa shape index (κ1) is 14.6. The highest BCUT2D eigenvalue weighted by Crippen LogP contribution is 2.27. The molecule has 0 N–H and O–H groups in total. The van der Waals surface area contributed by atoms with Gasteiger partial charge in [0.15, 0.2) is 0 Å². The number of carbonyl (C=O) groups excluding carboxylic acids is 2. The van der Waals surface area contributed by atoms with Crippen molar-refractivity contribution in [2.45, 2.75) is 32.6 Å². The van der Waals surface area contributed by atoms with Crippen molar-refractivity contribution in [2.24, 2.45) is 0 Å². The van der Waals surface area contributed by atoms with E-state index < -0.39 is 0 Å². The molecule has 1 heterocycles. The van der Waals surface area contributed by atoms with Gasteiger partial charge in [-0.2, -0.15) is 0 Å². The summed E-state index contributed by atoms with van der Waals surface area (Å²) in [5, 5.41) is 0. The van der Waals surface area contributed by atoms with E-state index in [0.717, 1.165) is 31.5 Å². The van der Waals surface area contributed by atoms with Crippen LogP contribution in [0.4, 0.5) is 5.69 Å². The van der Waals surface area contributed by atoms with Crippen molar-refractivity contribution in [1.29, 1.82) is 0 Å². The lowest BCUT2D eigenvalue weighted by Gasteiger charge is -2.20. The molecule has 0 radical (unpaired) electrons. The summed E-state index contributed by atoms with van der Waals surface area (Å²) in [6.07, 6.45) is 2.87. The summed E-state index contributed by atoms with van der Waals surface area (Å²) in [7, 11) is 1.77. The average molecular weight is 274 g/mol. The molecule has 0 unspecified atom stereocenters. The van der Waals surface area contributed by atoms with Gasteiger partial charge in [0.05, 0.1) is 0 Å². The quantitative estimate of drug-likeness (QED) is 0.773. The molecule has 0 saturated heterocycles. The zero-order valence-electron chi connectivity index (χ0n) is 12.3. The predicted molar refractivity (Wildman–Crippen MR) is 79.7 cm³/mol. The lowest BCUT2D eigenvalue weighted by molar-refractivity contribution is -0.134. The highest BCUT2D eigenvalue weighted by molar-refractivity contribution is 6.05. The molecule has 1 aromatic carbocycles. The third kappa shape index (κ3) is 3.18. The lowest BCUT2D eigenvalue weighted by Crippen LogP contribution is -2.36. The van der Waals surface area contributed by atoms with Crippen LogP contribution in [0.2, 0.25) is 0 Å². The van der Waals surface area contributed by atoms with Crippen LogP contribution in [0.5, 0.6) is 0 Å². The summed E-state index contributed by atoms with van der Waals surface area (Å²) >= 11 is 0. The average Bonchev–Trinajstić information content (AvgIpc) is 2.88. The van der Waals surface area contributed by atoms with E-state index in [-0.39, 0.29) is 18.2 Å². The van der Waals surface area contributed by atoms with Crippen molar-refractivity contribution >= 4 is 17.5 Å². The summed E-state index contributed by atoms with van der Waals surface area (Å²) < 4.78 is 0. The third-order valence-electron chi connectivity index (χ3n) is 3.76. The van der Waals surface area contributed by atoms with Crippen LogP contribution in [0.25, 0.3) is 0 Å². The molecule has 0 bridgehead atoms. The second-order valence-electron chi connectivity index (χ2n) is 5.27. The van der Waals surface area contributed by atoms with E-state index in [4.69, 9.17) is 0 Å². The van der Waals surface area contributed by atoms with E-state index in [1.807, 2.05) is 24.3 Å². The van der Waals surface area contributed by atoms with E-state index in [1.165, 1.54) is 5.56 Å². The molecule has 108 valence electrons. The van der Waals surface area contributed by atoms with Crippen molar-refractivity contribution in [3.8, 4) is 0 Å². The van der Waals surface area contributed by atoms with Crippen LogP contribution in [0.3, 0.4) is 0 Å². The molecule has 0 atom stereocenters. The fraction of sp³-hybridized carbons (Fsp3) is 0.500. The molecule has 4 heteroatoms.